The summed E-state index contributed by atoms with van der Waals surface area (Å²) in [6.07, 6.45) is 0.0969. The summed E-state index contributed by atoms with van der Waals surface area (Å²) < 4.78 is 82.4. The zero-order valence-corrected chi connectivity index (χ0v) is 23.4. The number of H-pyrrole nitrogens is 1. The van der Waals surface area contributed by atoms with Crippen molar-refractivity contribution in [3.8, 4) is 0 Å². The molecule has 1 aliphatic carbocycles. The number of likely N-dealkylation sites (tertiary alicyclic amines) is 1. The van der Waals surface area contributed by atoms with Gasteiger partial charge in [-0.1, -0.05) is 19.9 Å². The Kier molecular flexibility index (Phi) is 7.17. The lowest BCUT2D eigenvalue weighted by atomic mass is 9.72. The molecular formula is C28H33F5N6O3. The van der Waals surface area contributed by atoms with E-state index < -0.39 is 48.1 Å². The van der Waals surface area contributed by atoms with Crippen LogP contribution < -0.4 is 5.32 Å². The molecule has 228 valence electrons. The topological polar surface area (TPSA) is 109 Å². The number of hydrogen-bond acceptors (Lipinski definition) is 7. The Hall–Kier alpha value is -3.29. The van der Waals surface area contributed by atoms with E-state index >= 15 is 4.39 Å². The lowest BCUT2D eigenvalue weighted by Gasteiger charge is -2.46. The van der Waals surface area contributed by atoms with Crippen LogP contribution >= 0.6 is 0 Å². The number of fused-ring (bicyclic) bond motifs is 1. The van der Waals surface area contributed by atoms with E-state index in [1.165, 1.54) is 6.07 Å². The third-order valence-corrected chi connectivity index (χ3v) is 8.76. The van der Waals surface area contributed by atoms with Crippen molar-refractivity contribution in [2.24, 2.45) is 5.92 Å². The van der Waals surface area contributed by atoms with Gasteiger partial charge in [-0.15, -0.1) is 0 Å². The van der Waals surface area contributed by atoms with Crippen molar-refractivity contribution in [3.63, 3.8) is 0 Å². The van der Waals surface area contributed by atoms with E-state index in [0.29, 0.717) is 17.2 Å². The van der Waals surface area contributed by atoms with Gasteiger partial charge in [0.15, 0.2) is 5.82 Å². The van der Waals surface area contributed by atoms with Crippen molar-refractivity contribution in [1.82, 2.24) is 25.0 Å². The van der Waals surface area contributed by atoms with Gasteiger partial charge in [-0.2, -0.15) is 4.98 Å². The Bertz CT molecular complexity index is 1450. The van der Waals surface area contributed by atoms with E-state index in [1.54, 1.807) is 6.07 Å². The predicted molar refractivity (Wildman–Crippen MR) is 141 cm³/mol. The van der Waals surface area contributed by atoms with Crippen molar-refractivity contribution in [3.05, 3.63) is 35.2 Å². The highest BCUT2D eigenvalue weighted by Gasteiger charge is 2.54. The van der Waals surface area contributed by atoms with E-state index in [2.05, 4.69) is 25.4 Å². The number of nitrogens with one attached hydrogen (secondary N) is 2. The average Bonchev–Trinajstić information content (AvgIpc) is 3.59. The average molecular weight is 597 g/mol. The monoisotopic (exact) mass is 596 g/mol. The third-order valence-electron chi connectivity index (χ3n) is 8.76. The van der Waals surface area contributed by atoms with Gasteiger partial charge in [0.2, 0.25) is 17.7 Å². The van der Waals surface area contributed by atoms with Gasteiger partial charge < -0.3 is 24.5 Å². The summed E-state index contributed by atoms with van der Waals surface area (Å²) in [6.45, 7) is 2.74. The zero-order chi connectivity index (χ0) is 29.9. The number of nitrogens with zero attached hydrogens (tertiary/aromatic N) is 4. The molecule has 3 aromatic rings. The first-order valence-electron chi connectivity index (χ1n) is 14.3. The minimum Gasteiger partial charge on any atom is -0.381 e. The second kappa shape index (κ2) is 10.5. The zero-order valence-electron chi connectivity index (χ0n) is 23.4. The van der Waals surface area contributed by atoms with Crippen LogP contribution in [0.3, 0.4) is 0 Å². The number of carbonyl (C=O) groups is 1. The van der Waals surface area contributed by atoms with E-state index in [0.717, 1.165) is 4.90 Å². The smallest absolute Gasteiger partial charge is 0.282 e. The van der Waals surface area contributed by atoms with Crippen LogP contribution in [0, 0.1) is 11.7 Å². The van der Waals surface area contributed by atoms with Crippen LogP contribution in [0.2, 0.25) is 0 Å². The van der Waals surface area contributed by atoms with Crippen LogP contribution in [-0.4, -0.2) is 69.1 Å². The number of halogens is 5. The van der Waals surface area contributed by atoms with Crippen molar-refractivity contribution in [2.75, 3.05) is 31.6 Å². The largest absolute Gasteiger partial charge is 0.381 e. The summed E-state index contributed by atoms with van der Waals surface area (Å²) >= 11 is 0. The van der Waals surface area contributed by atoms with Gasteiger partial charge in [-0.05, 0) is 42.8 Å². The molecule has 14 heteroatoms. The number of ether oxygens (including phenoxy) is 1. The van der Waals surface area contributed by atoms with Crippen LogP contribution in [0.5, 0.6) is 0 Å². The van der Waals surface area contributed by atoms with Gasteiger partial charge in [-0.25, -0.2) is 26.9 Å². The molecule has 1 amide bonds. The summed E-state index contributed by atoms with van der Waals surface area (Å²) in [4.78, 5) is 26.7. The fourth-order valence-corrected chi connectivity index (χ4v) is 6.33. The van der Waals surface area contributed by atoms with Crippen molar-refractivity contribution >= 4 is 22.9 Å². The van der Waals surface area contributed by atoms with Crippen LogP contribution in [0.25, 0.3) is 11.0 Å². The van der Waals surface area contributed by atoms with E-state index in [9.17, 15) is 22.4 Å². The molecular weight excluding hydrogens is 563 g/mol. The molecule has 2 aromatic heterocycles. The highest BCUT2D eigenvalue weighted by Crippen LogP contribution is 2.44. The van der Waals surface area contributed by atoms with Gasteiger partial charge in [0.05, 0.1) is 30.1 Å². The molecule has 4 heterocycles. The number of aromatic amines is 1. The van der Waals surface area contributed by atoms with Gasteiger partial charge in [-0.3, -0.25) is 4.79 Å². The molecule has 9 nitrogen and oxygen atoms in total. The maximum Gasteiger partial charge on any atom is 0.282 e. The standard InChI is InChI=1S/C28H33F5N6O3/c1-15(2)23-37-25(38-42-23)36-20(16-5-7-27(30,31)8-6-16)22-34-18-4-3-17(19(29)21(18)35-22)26(9-11-41-12-10-26)24(40)39-13-28(32,33)14-39/h3-4,15-16,20H,5-14H2,1-2H3,(H,34,35)(H,36,38). The molecule has 6 rings (SSSR count). The number of amides is 1. The summed E-state index contributed by atoms with van der Waals surface area (Å²) in [6, 6.07) is 2.45. The number of benzene rings is 1. The molecule has 2 N–H and O–H groups in total. The van der Waals surface area contributed by atoms with Crippen molar-refractivity contribution in [2.45, 2.75) is 81.6 Å². The molecule has 1 atom stereocenters. The molecule has 0 spiro atoms. The molecule has 2 saturated heterocycles. The third kappa shape index (κ3) is 5.22. The summed E-state index contributed by atoms with van der Waals surface area (Å²) in [5.41, 5.74) is -0.964. The first-order chi connectivity index (χ1) is 19.9. The molecule has 2 aliphatic heterocycles. The number of carbonyl (C=O) groups excluding carboxylic acids is 1. The molecule has 42 heavy (non-hydrogen) atoms. The Morgan fingerprint density at radius 3 is 2.36 bits per heavy atom. The highest BCUT2D eigenvalue weighted by molar-refractivity contribution is 5.91. The number of anilines is 1. The maximum atomic E-state index is 16.3. The first-order valence-corrected chi connectivity index (χ1v) is 14.3. The molecule has 0 radical (unpaired) electrons. The van der Waals surface area contributed by atoms with Crippen LogP contribution in [0.4, 0.5) is 27.9 Å². The van der Waals surface area contributed by atoms with Crippen LogP contribution in [0.1, 0.15) is 81.6 Å². The second-order valence-electron chi connectivity index (χ2n) is 12.1. The Morgan fingerprint density at radius 2 is 1.74 bits per heavy atom. The van der Waals surface area contributed by atoms with E-state index in [1.807, 2.05) is 13.8 Å². The summed E-state index contributed by atoms with van der Waals surface area (Å²) in [5, 5.41) is 7.14. The molecule has 3 fully saturated rings. The van der Waals surface area contributed by atoms with Gasteiger partial charge in [0, 0.05) is 37.5 Å². The minimum atomic E-state index is -2.96. The number of imidazole rings is 1. The predicted octanol–water partition coefficient (Wildman–Crippen LogP) is 5.71. The molecule has 1 aromatic carbocycles. The fourth-order valence-electron chi connectivity index (χ4n) is 6.33. The lowest BCUT2D eigenvalue weighted by molar-refractivity contribution is -0.174. The maximum absolute atomic E-state index is 16.3. The number of hydrogen-bond donors (Lipinski definition) is 2. The Labute approximate surface area is 238 Å². The normalized spacial score (nSPS) is 22.7. The lowest BCUT2D eigenvalue weighted by Crippen LogP contribution is -2.63. The number of alkyl halides is 4. The summed E-state index contributed by atoms with van der Waals surface area (Å²) in [7, 11) is 0. The fraction of sp³-hybridized carbons (Fsp3) is 0.643. The van der Waals surface area contributed by atoms with Crippen LogP contribution in [-0.2, 0) is 14.9 Å². The van der Waals surface area contributed by atoms with Gasteiger partial charge in [0.25, 0.3) is 11.9 Å². The van der Waals surface area contributed by atoms with Gasteiger partial charge in [0.1, 0.15) is 11.3 Å². The quantitative estimate of drug-likeness (QED) is 0.336. The number of aromatic nitrogens is 4. The van der Waals surface area contributed by atoms with E-state index in [-0.39, 0.29) is 80.6 Å². The van der Waals surface area contributed by atoms with E-state index in [4.69, 9.17) is 9.26 Å². The van der Waals surface area contributed by atoms with Gasteiger partial charge >= 0.3 is 0 Å². The highest BCUT2D eigenvalue weighted by atomic mass is 19.3. The SMILES string of the molecule is CC(C)c1nc(NC(c2nc3c(F)c(C4(C(=O)N5CC(F)(F)C5)CCOCC4)ccc3[nH]2)C2CCC(F)(F)CC2)no1. The Morgan fingerprint density at radius 1 is 1.05 bits per heavy atom. The second-order valence-corrected chi connectivity index (χ2v) is 12.1. The summed E-state index contributed by atoms with van der Waals surface area (Å²) in [5.74, 6) is -6.42. The van der Waals surface area contributed by atoms with Crippen molar-refractivity contribution in [1.29, 1.82) is 0 Å². The number of rotatable bonds is 7. The molecule has 3 aliphatic rings. The Balaban J connectivity index is 1.36. The first kappa shape index (κ1) is 28.8. The molecule has 0 bridgehead atoms. The minimum absolute atomic E-state index is 0.0266. The molecule has 1 saturated carbocycles. The molecule has 1 unspecified atom stereocenters. The van der Waals surface area contributed by atoms with Crippen LogP contribution in [0.15, 0.2) is 16.7 Å². The van der Waals surface area contributed by atoms with Crippen molar-refractivity contribution < 1.29 is 36.0 Å².